The van der Waals surface area contributed by atoms with E-state index in [1.807, 2.05) is 53.6 Å². The number of piperazine rings is 1. The number of thiazole rings is 2. The van der Waals surface area contributed by atoms with Crippen molar-refractivity contribution >= 4 is 44.1 Å². The Morgan fingerprint density at radius 3 is 2.77 bits per heavy atom. The minimum absolute atomic E-state index is 0.0283. The first-order chi connectivity index (χ1) is 15.2. The Kier molecular flexibility index (Phi) is 5.52. The molecule has 1 aromatic carbocycles. The third-order valence-corrected chi connectivity index (χ3v) is 6.99. The SMILES string of the molecule is Cc1nc(COc2cccc(C(=O)N3CCN(c4nc5cccnc5s4)CC3)c2)cs1. The van der Waals surface area contributed by atoms with Crippen LogP contribution in [0.3, 0.4) is 0 Å². The van der Waals surface area contributed by atoms with E-state index < -0.39 is 0 Å². The molecule has 4 heterocycles. The smallest absolute Gasteiger partial charge is 0.254 e. The summed E-state index contributed by atoms with van der Waals surface area (Å²) in [7, 11) is 0. The zero-order valence-corrected chi connectivity index (χ0v) is 18.7. The summed E-state index contributed by atoms with van der Waals surface area (Å²) < 4.78 is 5.84. The van der Waals surface area contributed by atoms with E-state index in [0.717, 1.165) is 39.3 Å². The fourth-order valence-corrected chi connectivity index (χ4v) is 5.09. The maximum atomic E-state index is 13.0. The first-order valence-electron chi connectivity index (χ1n) is 10.1. The van der Waals surface area contributed by atoms with Crippen molar-refractivity contribution in [1.29, 1.82) is 0 Å². The summed E-state index contributed by atoms with van der Waals surface area (Å²) in [6.07, 6.45) is 1.79. The highest BCUT2D eigenvalue weighted by Gasteiger charge is 2.24. The van der Waals surface area contributed by atoms with E-state index in [4.69, 9.17) is 4.74 Å². The fourth-order valence-electron chi connectivity index (χ4n) is 3.53. The molecule has 1 amide bonds. The Morgan fingerprint density at radius 2 is 2.00 bits per heavy atom. The lowest BCUT2D eigenvalue weighted by molar-refractivity contribution is 0.0746. The van der Waals surface area contributed by atoms with E-state index in [-0.39, 0.29) is 5.91 Å². The van der Waals surface area contributed by atoms with Crippen LogP contribution in [-0.4, -0.2) is 51.9 Å². The number of carbonyl (C=O) groups is 1. The number of aryl methyl sites for hydroxylation is 1. The molecule has 3 aromatic heterocycles. The lowest BCUT2D eigenvalue weighted by Gasteiger charge is -2.34. The number of hydrogen-bond donors (Lipinski definition) is 0. The van der Waals surface area contributed by atoms with Gasteiger partial charge in [0.2, 0.25) is 0 Å². The number of ether oxygens (including phenoxy) is 1. The Hall–Kier alpha value is -3.04. The summed E-state index contributed by atoms with van der Waals surface area (Å²) in [4.78, 5) is 31.6. The molecule has 0 atom stereocenters. The van der Waals surface area contributed by atoms with Gasteiger partial charge in [0.05, 0.1) is 10.7 Å². The molecule has 0 aliphatic carbocycles. The van der Waals surface area contributed by atoms with Crippen molar-refractivity contribution in [2.75, 3.05) is 31.1 Å². The largest absolute Gasteiger partial charge is 0.487 e. The molecule has 0 radical (unpaired) electrons. The highest BCUT2D eigenvalue weighted by atomic mass is 32.1. The van der Waals surface area contributed by atoms with E-state index in [9.17, 15) is 4.79 Å². The molecule has 0 spiro atoms. The highest BCUT2D eigenvalue weighted by molar-refractivity contribution is 7.21. The summed E-state index contributed by atoms with van der Waals surface area (Å²) in [5, 5.41) is 3.97. The van der Waals surface area contributed by atoms with E-state index >= 15 is 0 Å². The molecule has 1 saturated heterocycles. The van der Waals surface area contributed by atoms with Crippen LogP contribution >= 0.6 is 22.7 Å². The van der Waals surface area contributed by atoms with Gasteiger partial charge >= 0.3 is 0 Å². The van der Waals surface area contributed by atoms with Crippen molar-refractivity contribution in [3.63, 3.8) is 0 Å². The Balaban J connectivity index is 1.21. The molecule has 0 saturated carbocycles. The highest BCUT2D eigenvalue weighted by Crippen LogP contribution is 2.28. The first kappa shape index (κ1) is 19.9. The molecule has 1 aliphatic heterocycles. The second-order valence-electron chi connectivity index (χ2n) is 7.28. The zero-order valence-electron chi connectivity index (χ0n) is 17.0. The molecule has 158 valence electrons. The second-order valence-corrected chi connectivity index (χ2v) is 9.30. The van der Waals surface area contributed by atoms with Crippen molar-refractivity contribution in [2.24, 2.45) is 0 Å². The predicted molar refractivity (Wildman–Crippen MR) is 123 cm³/mol. The summed E-state index contributed by atoms with van der Waals surface area (Å²) in [6.45, 7) is 5.20. The van der Waals surface area contributed by atoms with Crippen molar-refractivity contribution in [2.45, 2.75) is 13.5 Å². The van der Waals surface area contributed by atoms with Gasteiger partial charge in [-0.3, -0.25) is 4.79 Å². The number of aromatic nitrogens is 3. The third kappa shape index (κ3) is 4.38. The zero-order chi connectivity index (χ0) is 21.2. The molecular weight excluding hydrogens is 430 g/mol. The van der Waals surface area contributed by atoms with Crippen LogP contribution in [0.4, 0.5) is 5.13 Å². The van der Waals surface area contributed by atoms with Crippen LogP contribution in [0.25, 0.3) is 10.3 Å². The maximum Gasteiger partial charge on any atom is 0.254 e. The molecule has 0 N–H and O–H groups in total. The molecule has 7 nitrogen and oxygen atoms in total. The van der Waals surface area contributed by atoms with Crippen molar-refractivity contribution in [1.82, 2.24) is 19.9 Å². The summed E-state index contributed by atoms with van der Waals surface area (Å²) >= 11 is 3.20. The van der Waals surface area contributed by atoms with Crippen LogP contribution in [0.5, 0.6) is 5.75 Å². The Labute approximate surface area is 188 Å². The standard InChI is InChI=1S/C22H21N5O2S2/c1-15-24-17(14-30-15)13-29-18-5-2-4-16(12-18)21(28)26-8-10-27(11-9-26)22-25-19-6-3-7-23-20(19)31-22/h2-7,12,14H,8-11,13H2,1H3. The molecule has 1 aliphatic rings. The van der Waals surface area contributed by atoms with E-state index in [1.165, 1.54) is 0 Å². The van der Waals surface area contributed by atoms with Gasteiger partial charge in [-0.25, -0.2) is 15.0 Å². The first-order valence-corrected chi connectivity index (χ1v) is 11.7. The van der Waals surface area contributed by atoms with Crippen LogP contribution in [0.1, 0.15) is 21.1 Å². The van der Waals surface area contributed by atoms with E-state index in [1.54, 1.807) is 28.9 Å². The van der Waals surface area contributed by atoms with Gasteiger partial charge in [0.25, 0.3) is 5.91 Å². The van der Waals surface area contributed by atoms with Crippen molar-refractivity contribution in [3.8, 4) is 5.75 Å². The monoisotopic (exact) mass is 451 g/mol. The van der Waals surface area contributed by atoms with Gasteiger partial charge in [0.1, 0.15) is 22.7 Å². The fraction of sp³-hybridized carbons (Fsp3) is 0.273. The van der Waals surface area contributed by atoms with Gasteiger partial charge in [-0.2, -0.15) is 0 Å². The minimum atomic E-state index is 0.0283. The summed E-state index contributed by atoms with van der Waals surface area (Å²) in [6, 6.07) is 11.3. The van der Waals surface area contributed by atoms with Crippen LogP contribution in [0.15, 0.2) is 48.0 Å². The van der Waals surface area contributed by atoms with Crippen LogP contribution < -0.4 is 9.64 Å². The number of carbonyl (C=O) groups excluding carboxylic acids is 1. The van der Waals surface area contributed by atoms with E-state index in [0.29, 0.717) is 31.0 Å². The quantitative estimate of drug-likeness (QED) is 0.457. The molecule has 1 fully saturated rings. The van der Waals surface area contributed by atoms with Crippen molar-refractivity contribution in [3.05, 3.63) is 64.2 Å². The Morgan fingerprint density at radius 1 is 1.13 bits per heavy atom. The van der Waals surface area contributed by atoms with Gasteiger partial charge in [-0.15, -0.1) is 11.3 Å². The topological polar surface area (TPSA) is 71.5 Å². The van der Waals surface area contributed by atoms with Gasteiger partial charge in [-0.1, -0.05) is 17.4 Å². The molecule has 0 unspecified atom stereocenters. The lowest BCUT2D eigenvalue weighted by Crippen LogP contribution is -2.48. The number of pyridine rings is 1. The number of benzene rings is 1. The van der Waals surface area contributed by atoms with E-state index in [2.05, 4.69) is 19.9 Å². The average molecular weight is 452 g/mol. The molecule has 9 heteroatoms. The normalized spacial score (nSPS) is 14.2. The minimum Gasteiger partial charge on any atom is -0.487 e. The molecular formula is C22H21N5O2S2. The summed E-state index contributed by atoms with van der Waals surface area (Å²) in [5.74, 6) is 0.706. The van der Waals surface area contributed by atoms with Crippen molar-refractivity contribution < 1.29 is 9.53 Å². The number of fused-ring (bicyclic) bond motifs is 1. The number of hydrogen-bond acceptors (Lipinski definition) is 8. The average Bonchev–Trinajstić information content (AvgIpc) is 3.43. The van der Waals surface area contributed by atoms with Gasteiger partial charge in [0, 0.05) is 43.3 Å². The maximum absolute atomic E-state index is 13.0. The molecule has 5 rings (SSSR count). The van der Waals surface area contributed by atoms with Crippen LogP contribution in [-0.2, 0) is 6.61 Å². The number of rotatable bonds is 5. The number of amides is 1. The Bertz CT molecular complexity index is 1180. The molecule has 31 heavy (non-hydrogen) atoms. The lowest BCUT2D eigenvalue weighted by atomic mass is 10.1. The molecule has 4 aromatic rings. The predicted octanol–water partition coefficient (Wildman–Crippen LogP) is 4.00. The number of nitrogens with zero attached hydrogens (tertiary/aromatic N) is 5. The van der Waals surface area contributed by atoms with Gasteiger partial charge < -0.3 is 14.5 Å². The third-order valence-electron chi connectivity index (χ3n) is 5.13. The summed E-state index contributed by atoms with van der Waals surface area (Å²) in [5.41, 5.74) is 2.47. The van der Waals surface area contributed by atoms with Gasteiger partial charge in [0.15, 0.2) is 5.13 Å². The molecule has 0 bridgehead atoms. The van der Waals surface area contributed by atoms with Gasteiger partial charge in [-0.05, 0) is 37.3 Å². The second kappa shape index (κ2) is 8.60. The van der Waals surface area contributed by atoms with Crippen LogP contribution in [0, 0.1) is 6.92 Å². The number of anilines is 1. The van der Waals surface area contributed by atoms with Crippen LogP contribution in [0.2, 0.25) is 0 Å².